The van der Waals surface area contributed by atoms with Gasteiger partial charge in [0, 0.05) is 7.05 Å². The first kappa shape index (κ1) is 19.9. The van der Waals surface area contributed by atoms with E-state index >= 15 is 0 Å². The van der Waals surface area contributed by atoms with Crippen LogP contribution in [-0.4, -0.2) is 26.4 Å². The number of hydrogen-bond donors (Lipinski definition) is 1. The molecule has 0 fully saturated rings. The zero-order valence-corrected chi connectivity index (χ0v) is 17.1. The van der Waals surface area contributed by atoms with Crippen molar-refractivity contribution in [2.45, 2.75) is 31.7 Å². The predicted molar refractivity (Wildman–Crippen MR) is 110 cm³/mol. The number of hydrogen-bond acceptors (Lipinski definition) is 5. The molecule has 1 N–H and O–H groups in total. The Balaban J connectivity index is 1.50. The van der Waals surface area contributed by atoms with E-state index in [1.807, 2.05) is 80.1 Å². The normalized spacial score (nSPS) is 11.8. The third kappa shape index (κ3) is 5.36. The second-order valence-electron chi connectivity index (χ2n) is 6.55. The molecule has 0 saturated heterocycles. The number of carbonyl (C=O) groups excluding carboxylic acids is 1. The molecule has 3 rings (SSSR count). The molecule has 0 radical (unpaired) electrons. The highest BCUT2D eigenvalue weighted by atomic mass is 32.2. The number of aryl methyl sites for hydroxylation is 1. The highest BCUT2D eigenvalue weighted by molar-refractivity contribution is 7.99. The summed E-state index contributed by atoms with van der Waals surface area (Å²) in [6.07, 6.45) is 0. The topological polar surface area (TPSA) is 69.0 Å². The molecule has 7 heteroatoms. The summed E-state index contributed by atoms with van der Waals surface area (Å²) < 4.78 is 7.64. The van der Waals surface area contributed by atoms with E-state index in [0.29, 0.717) is 17.6 Å². The zero-order chi connectivity index (χ0) is 19.9. The van der Waals surface area contributed by atoms with E-state index in [0.717, 1.165) is 16.9 Å². The first-order valence-corrected chi connectivity index (χ1v) is 10.1. The van der Waals surface area contributed by atoms with Crippen molar-refractivity contribution in [3.8, 4) is 5.75 Å². The van der Waals surface area contributed by atoms with Crippen LogP contribution in [-0.2, 0) is 18.4 Å². The van der Waals surface area contributed by atoms with Crippen LogP contribution in [0, 0.1) is 6.92 Å². The van der Waals surface area contributed by atoms with Gasteiger partial charge in [-0.25, -0.2) is 0 Å². The van der Waals surface area contributed by atoms with Gasteiger partial charge in [-0.15, -0.1) is 10.2 Å². The molecule has 0 spiro atoms. The van der Waals surface area contributed by atoms with Crippen LogP contribution in [0.3, 0.4) is 0 Å². The van der Waals surface area contributed by atoms with Crippen LogP contribution in [0.2, 0.25) is 0 Å². The molecule has 0 aliphatic rings. The summed E-state index contributed by atoms with van der Waals surface area (Å²) in [4.78, 5) is 12.2. The van der Waals surface area contributed by atoms with Gasteiger partial charge in [-0.05, 0) is 37.1 Å². The Morgan fingerprint density at radius 1 is 1.18 bits per heavy atom. The number of amides is 1. The van der Waals surface area contributed by atoms with Crippen molar-refractivity contribution in [3.63, 3.8) is 0 Å². The van der Waals surface area contributed by atoms with E-state index in [-0.39, 0.29) is 17.7 Å². The standard InChI is InChI=1S/C21H24N4O2S/c1-15-8-7-11-18(12-15)27-13-19-23-24-21(25(19)3)28-14-20(26)22-16(2)17-9-5-4-6-10-17/h4-12,16H,13-14H2,1-3H3,(H,22,26). The van der Waals surface area contributed by atoms with Crippen molar-refractivity contribution in [1.82, 2.24) is 20.1 Å². The average molecular weight is 397 g/mol. The minimum absolute atomic E-state index is 0.0351. The van der Waals surface area contributed by atoms with Gasteiger partial charge in [0.1, 0.15) is 12.4 Å². The van der Waals surface area contributed by atoms with Gasteiger partial charge in [0.2, 0.25) is 5.91 Å². The number of thioether (sulfide) groups is 1. The number of carbonyl (C=O) groups is 1. The highest BCUT2D eigenvalue weighted by Gasteiger charge is 2.14. The molecular formula is C21H24N4O2S. The average Bonchev–Trinajstić information content (AvgIpc) is 3.05. The first-order chi connectivity index (χ1) is 13.5. The van der Waals surface area contributed by atoms with Gasteiger partial charge in [0.25, 0.3) is 0 Å². The van der Waals surface area contributed by atoms with Crippen LogP contribution in [0.1, 0.15) is 29.9 Å². The van der Waals surface area contributed by atoms with Crippen molar-refractivity contribution in [2.24, 2.45) is 7.05 Å². The minimum atomic E-state index is -0.0399. The van der Waals surface area contributed by atoms with Gasteiger partial charge < -0.3 is 14.6 Å². The van der Waals surface area contributed by atoms with Crippen molar-refractivity contribution in [3.05, 3.63) is 71.5 Å². The number of nitrogens with zero attached hydrogens (tertiary/aromatic N) is 3. The lowest BCUT2D eigenvalue weighted by Crippen LogP contribution is -2.28. The molecule has 28 heavy (non-hydrogen) atoms. The lowest BCUT2D eigenvalue weighted by atomic mass is 10.1. The molecule has 0 aliphatic heterocycles. The van der Waals surface area contributed by atoms with Crippen LogP contribution >= 0.6 is 11.8 Å². The summed E-state index contributed by atoms with van der Waals surface area (Å²) in [7, 11) is 1.88. The molecule has 1 aromatic heterocycles. The second-order valence-corrected chi connectivity index (χ2v) is 7.49. The molecule has 0 saturated carbocycles. The van der Waals surface area contributed by atoms with E-state index in [1.165, 1.54) is 11.8 Å². The minimum Gasteiger partial charge on any atom is -0.486 e. The largest absolute Gasteiger partial charge is 0.486 e. The Hall–Kier alpha value is -2.80. The quantitative estimate of drug-likeness (QED) is 0.589. The van der Waals surface area contributed by atoms with E-state index in [9.17, 15) is 4.79 Å². The molecule has 2 aromatic carbocycles. The Labute approximate surface area is 169 Å². The fourth-order valence-electron chi connectivity index (χ4n) is 2.69. The van der Waals surface area contributed by atoms with Crippen molar-refractivity contribution in [1.29, 1.82) is 0 Å². The number of benzene rings is 2. The smallest absolute Gasteiger partial charge is 0.230 e. The van der Waals surface area contributed by atoms with Crippen molar-refractivity contribution >= 4 is 17.7 Å². The summed E-state index contributed by atoms with van der Waals surface area (Å²) >= 11 is 1.36. The number of aromatic nitrogens is 3. The molecule has 146 valence electrons. The maximum atomic E-state index is 12.2. The predicted octanol–water partition coefficient (Wildman–Crippen LogP) is 3.67. The summed E-state index contributed by atoms with van der Waals surface area (Å²) in [6.45, 7) is 4.32. The SMILES string of the molecule is Cc1cccc(OCc2nnc(SCC(=O)NC(C)c3ccccc3)n2C)c1. The Morgan fingerprint density at radius 2 is 1.96 bits per heavy atom. The molecule has 6 nitrogen and oxygen atoms in total. The van der Waals surface area contributed by atoms with E-state index in [1.54, 1.807) is 0 Å². The van der Waals surface area contributed by atoms with E-state index in [2.05, 4.69) is 15.5 Å². The lowest BCUT2D eigenvalue weighted by molar-refractivity contribution is -0.119. The van der Waals surface area contributed by atoms with Crippen molar-refractivity contribution < 1.29 is 9.53 Å². The molecule has 1 amide bonds. The third-order valence-corrected chi connectivity index (χ3v) is 5.31. The molecule has 0 bridgehead atoms. The first-order valence-electron chi connectivity index (χ1n) is 9.08. The van der Waals surface area contributed by atoms with Crippen LogP contribution < -0.4 is 10.1 Å². The molecule has 0 aliphatic carbocycles. The number of nitrogens with one attached hydrogen (secondary N) is 1. The zero-order valence-electron chi connectivity index (χ0n) is 16.3. The van der Waals surface area contributed by atoms with Crippen LogP contribution in [0.25, 0.3) is 0 Å². The van der Waals surface area contributed by atoms with Crippen LogP contribution in [0.5, 0.6) is 5.75 Å². The van der Waals surface area contributed by atoms with Gasteiger partial charge in [0.15, 0.2) is 11.0 Å². The van der Waals surface area contributed by atoms with Gasteiger partial charge in [0.05, 0.1) is 11.8 Å². The Bertz CT molecular complexity index is 927. The summed E-state index contributed by atoms with van der Waals surface area (Å²) in [5.41, 5.74) is 2.22. The third-order valence-electron chi connectivity index (χ3n) is 4.29. The molecule has 3 aromatic rings. The Morgan fingerprint density at radius 3 is 2.71 bits per heavy atom. The molecule has 1 unspecified atom stereocenters. The van der Waals surface area contributed by atoms with E-state index < -0.39 is 0 Å². The van der Waals surface area contributed by atoms with Gasteiger partial charge >= 0.3 is 0 Å². The van der Waals surface area contributed by atoms with Crippen LogP contribution in [0.15, 0.2) is 59.8 Å². The maximum absolute atomic E-state index is 12.2. The van der Waals surface area contributed by atoms with Gasteiger partial charge in [-0.3, -0.25) is 4.79 Å². The molecular weight excluding hydrogens is 372 g/mol. The molecule has 1 atom stereocenters. The summed E-state index contributed by atoms with van der Waals surface area (Å²) in [5, 5.41) is 12.0. The lowest BCUT2D eigenvalue weighted by Gasteiger charge is -2.14. The van der Waals surface area contributed by atoms with Crippen molar-refractivity contribution in [2.75, 3.05) is 5.75 Å². The van der Waals surface area contributed by atoms with E-state index in [4.69, 9.17) is 4.74 Å². The monoisotopic (exact) mass is 396 g/mol. The Kier molecular flexibility index (Phi) is 6.71. The maximum Gasteiger partial charge on any atom is 0.230 e. The number of ether oxygens (including phenoxy) is 1. The van der Waals surface area contributed by atoms with Gasteiger partial charge in [-0.2, -0.15) is 0 Å². The second kappa shape index (κ2) is 9.41. The van der Waals surface area contributed by atoms with Gasteiger partial charge in [-0.1, -0.05) is 54.2 Å². The van der Waals surface area contributed by atoms with Crippen LogP contribution in [0.4, 0.5) is 0 Å². The highest BCUT2D eigenvalue weighted by Crippen LogP contribution is 2.18. The fraction of sp³-hybridized carbons (Fsp3) is 0.286. The number of rotatable bonds is 8. The summed E-state index contributed by atoms with van der Waals surface area (Å²) in [6, 6.07) is 17.7. The summed E-state index contributed by atoms with van der Waals surface area (Å²) in [5.74, 6) is 1.75. The fourth-order valence-corrected chi connectivity index (χ4v) is 3.43. The molecule has 1 heterocycles.